The van der Waals surface area contributed by atoms with E-state index < -0.39 is 0 Å². The zero-order chi connectivity index (χ0) is 15.1. The summed E-state index contributed by atoms with van der Waals surface area (Å²) in [5.41, 5.74) is 2.65. The molecule has 0 radical (unpaired) electrons. The first-order valence-electron chi connectivity index (χ1n) is 6.43. The van der Waals surface area contributed by atoms with E-state index in [-0.39, 0.29) is 11.9 Å². The van der Waals surface area contributed by atoms with Crippen LogP contribution < -0.4 is 10.6 Å². The predicted molar refractivity (Wildman–Crippen MR) is 84.7 cm³/mol. The number of aryl methyl sites for hydroxylation is 2. The molecule has 5 nitrogen and oxygen atoms in total. The maximum Gasteiger partial charge on any atom is 0.261 e. The fourth-order valence-electron chi connectivity index (χ4n) is 2.21. The lowest BCUT2D eigenvalue weighted by molar-refractivity contribution is -0.117. The number of carbonyl (C=O) groups excluding carboxylic acids is 1. The number of fused-ring (bicyclic) bond motifs is 1. The number of halogens is 1. The van der Waals surface area contributed by atoms with E-state index >= 15 is 0 Å². The van der Waals surface area contributed by atoms with E-state index in [1.165, 1.54) is 11.8 Å². The summed E-state index contributed by atoms with van der Waals surface area (Å²) in [6.07, 6.45) is 0. The molecule has 110 valence electrons. The van der Waals surface area contributed by atoms with Crippen LogP contribution in [0.1, 0.15) is 23.1 Å². The molecule has 0 saturated carbocycles. The van der Waals surface area contributed by atoms with Crippen molar-refractivity contribution in [2.24, 2.45) is 0 Å². The SMILES string of the molecule is CNC1C(=O)Nc2cc(Sc3nc(C)c(C)o3)c(Br)cc21. The minimum atomic E-state index is -0.304. The first-order valence-corrected chi connectivity index (χ1v) is 8.04. The Morgan fingerprint density at radius 1 is 1.43 bits per heavy atom. The van der Waals surface area contributed by atoms with Crippen LogP contribution in [0.3, 0.4) is 0 Å². The molecule has 1 atom stereocenters. The number of amides is 1. The summed E-state index contributed by atoms with van der Waals surface area (Å²) in [4.78, 5) is 17.2. The first-order chi connectivity index (χ1) is 9.99. The van der Waals surface area contributed by atoms with Crippen LogP contribution in [0.15, 0.2) is 31.1 Å². The van der Waals surface area contributed by atoms with Crippen LogP contribution in [0.2, 0.25) is 0 Å². The van der Waals surface area contributed by atoms with Crippen molar-refractivity contribution in [3.63, 3.8) is 0 Å². The molecule has 1 aromatic carbocycles. The normalized spacial score (nSPS) is 17.0. The number of nitrogens with zero attached hydrogens (tertiary/aromatic N) is 1. The molecule has 1 aliphatic heterocycles. The van der Waals surface area contributed by atoms with Crippen molar-refractivity contribution in [1.82, 2.24) is 10.3 Å². The molecule has 1 aromatic heterocycles. The van der Waals surface area contributed by atoms with Crippen molar-refractivity contribution in [2.75, 3.05) is 12.4 Å². The summed E-state index contributed by atoms with van der Waals surface area (Å²) < 4.78 is 6.50. The highest BCUT2D eigenvalue weighted by Gasteiger charge is 2.30. The minimum Gasteiger partial charge on any atom is -0.436 e. The maximum atomic E-state index is 11.9. The molecule has 0 fully saturated rings. The Morgan fingerprint density at radius 2 is 2.19 bits per heavy atom. The number of hydrogen-bond acceptors (Lipinski definition) is 5. The van der Waals surface area contributed by atoms with Gasteiger partial charge in [0, 0.05) is 20.6 Å². The summed E-state index contributed by atoms with van der Waals surface area (Å²) in [6, 6.07) is 3.59. The predicted octanol–water partition coefficient (Wildman–Crippen LogP) is 3.42. The second-order valence-corrected chi connectivity index (χ2v) is 6.65. The molecule has 1 amide bonds. The molecule has 0 saturated heterocycles. The third-order valence-corrected chi connectivity index (χ3v) is 5.26. The fraction of sp³-hybridized carbons (Fsp3) is 0.286. The van der Waals surface area contributed by atoms with E-state index in [1.54, 1.807) is 7.05 Å². The molecule has 2 N–H and O–H groups in total. The van der Waals surface area contributed by atoms with E-state index in [0.717, 1.165) is 32.1 Å². The van der Waals surface area contributed by atoms with Gasteiger partial charge in [0.15, 0.2) is 0 Å². The van der Waals surface area contributed by atoms with Gasteiger partial charge < -0.3 is 15.1 Å². The highest BCUT2D eigenvalue weighted by Crippen LogP contribution is 2.41. The van der Waals surface area contributed by atoms with Gasteiger partial charge >= 0.3 is 0 Å². The Hall–Kier alpha value is -1.31. The minimum absolute atomic E-state index is 0.0376. The molecular weight excluding hydrogens is 354 g/mol. The third kappa shape index (κ3) is 2.61. The van der Waals surface area contributed by atoms with E-state index in [2.05, 4.69) is 31.5 Å². The van der Waals surface area contributed by atoms with Crippen molar-refractivity contribution < 1.29 is 9.21 Å². The summed E-state index contributed by atoms with van der Waals surface area (Å²) in [6.45, 7) is 3.81. The second-order valence-electron chi connectivity index (χ2n) is 4.80. The quantitative estimate of drug-likeness (QED) is 0.869. The molecule has 0 aliphatic carbocycles. The average molecular weight is 368 g/mol. The number of likely N-dealkylation sites (N-methyl/N-ethyl adjacent to an activating group) is 1. The van der Waals surface area contributed by atoms with Crippen LogP contribution in [-0.2, 0) is 4.79 Å². The fourth-order valence-corrected chi connectivity index (χ4v) is 3.68. The van der Waals surface area contributed by atoms with Gasteiger partial charge in [-0.05, 0) is 60.7 Å². The van der Waals surface area contributed by atoms with E-state index in [1.807, 2.05) is 26.0 Å². The van der Waals surface area contributed by atoms with Crippen molar-refractivity contribution in [2.45, 2.75) is 30.0 Å². The van der Waals surface area contributed by atoms with Crippen LogP contribution >= 0.6 is 27.7 Å². The monoisotopic (exact) mass is 367 g/mol. The molecule has 7 heteroatoms. The van der Waals surface area contributed by atoms with Crippen molar-refractivity contribution in [3.05, 3.63) is 33.6 Å². The van der Waals surface area contributed by atoms with Crippen molar-refractivity contribution in [3.8, 4) is 0 Å². The topological polar surface area (TPSA) is 67.2 Å². The van der Waals surface area contributed by atoms with Gasteiger partial charge in [0.1, 0.15) is 11.8 Å². The van der Waals surface area contributed by atoms with Crippen LogP contribution in [-0.4, -0.2) is 17.9 Å². The van der Waals surface area contributed by atoms with Gasteiger partial charge in [-0.25, -0.2) is 4.98 Å². The summed E-state index contributed by atoms with van der Waals surface area (Å²) in [5.74, 6) is 0.780. The van der Waals surface area contributed by atoms with Gasteiger partial charge in [0.2, 0.25) is 5.91 Å². The van der Waals surface area contributed by atoms with Crippen LogP contribution in [0.25, 0.3) is 0 Å². The Kier molecular flexibility index (Phi) is 3.81. The molecule has 21 heavy (non-hydrogen) atoms. The zero-order valence-corrected chi connectivity index (χ0v) is 14.2. The average Bonchev–Trinajstić information content (AvgIpc) is 2.89. The lowest BCUT2D eigenvalue weighted by atomic mass is 10.1. The van der Waals surface area contributed by atoms with Gasteiger partial charge in [0.25, 0.3) is 5.22 Å². The molecule has 0 spiro atoms. The number of oxazole rings is 1. The number of hydrogen-bond donors (Lipinski definition) is 2. The number of aromatic nitrogens is 1. The summed E-state index contributed by atoms with van der Waals surface area (Å²) >= 11 is 4.98. The number of anilines is 1. The van der Waals surface area contributed by atoms with Crippen molar-refractivity contribution in [1.29, 1.82) is 0 Å². The maximum absolute atomic E-state index is 11.9. The Labute approximate surface area is 135 Å². The molecule has 2 heterocycles. The summed E-state index contributed by atoms with van der Waals surface area (Å²) in [7, 11) is 1.77. The highest BCUT2D eigenvalue weighted by molar-refractivity contribution is 9.10. The Morgan fingerprint density at radius 3 is 2.81 bits per heavy atom. The third-order valence-electron chi connectivity index (χ3n) is 3.43. The second kappa shape index (κ2) is 5.47. The number of carbonyl (C=O) groups is 1. The molecule has 1 aliphatic rings. The van der Waals surface area contributed by atoms with Crippen LogP contribution in [0.5, 0.6) is 0 Å². The lowest BCUT2D eigenvalue weighted by Crippen LogP contribution is -2.23. The Balaban J connectivity index is 1.95. The van der Waals surface area contributed by atoms with E-state index in [9.17, 15) is 4.79 Å². The van der Waals surface area contributed by atoms with Crippen molar-refractivity contribution >= 4 is 39.3 Å². The van der Waals surface area contributed by atoms with Gasteiger partial charge in [-0.15, -0.1) is 0 Å². The Bertz CT molecular complexity index is 710. The zero-order valence-electron chi connectivity index (χ0n) is 11.8. The first kappa shape index (κ1) is 14.6. The van der Waals surface area contributed by atoms with Crippen LogP contribution in [0.4, 0.5) is 5.69 Å². The van der Waals surface area contributed by atoms with Gasteiger partial charge in [-0.3, -0.25) is 4.79 Å². The molecular formula is C14H14BrN3O2S. The molecule has 1 unspecified atom stereocenters. The largest absolute Gasteiger partial charge is 0.436 e. The van der Waals surface area contributed by atoms with E-state index in [4.69, 9.17) is 4.42 Å². The summed E-state index contributed by atoms with van der Waals surface area (Å²) in [5, 5.41) is 6.49. The number of rotatable bonds is 3. The van der Waals surface area contributed by atoms with Gasteiger partial charge in [-0.1, -0.05) is 0 Å². The van der Waals surface area contributed by atoms with E-state index in [0.29, 0.717) is 5.22 Å². The van der Waals surface area contributed by atoms with Crippen LogP contribution in [0, 0.1) is 13.8 Å². The number of nitrogens with one attached hydrogen (secondary N) is 2. The standard InChI is InChI=1S/C14H14BrN3O2S/c1-6-7(2)20-14(17-6)21-11-5-10-8(4-9(11)15)12(16-3)13(19)18-10/h4-5,12,16H,1-3H3,(H,18,19). The van der Waals surface area contributed by atoms with Gasteiger partial charge in [-0.2, -0.15) is 0 Å². The molecule has 2 aromatic rings. The lowest BCUT2D eigenvalue weighted by Gasteiger charge is -2.09. The molecule has 0 bridgehead atoms. The van der Waals surface area contributed by atoms with Gasteiger partial charge in [0.05, 0.1) is 5.69 Å². The highest BCUT2D eigenvalue weighted by atomic mass is 79.9. The number of benzene rings is 1. The molecule has 3 rings (SSSR count). The smallest absolute Gasteiger partial charge is 0.261 e.